The molecule has 64 valence electrons. The molecule has 0 aromatic rings. The van der Waals surface area contributed by atoms with E-state index in [0.29, 0.717) is 0 Å². The number of halogens is 2. The Bertz CT molecular complexity index is 172. The lowest BCUT2D eigenvalue weighted by Crippen LogP contribution is -2.66. The van der Waals surface area contributed by atoms with E-state index in [2.05, 4.69) is 10.1 Å². The van der Waals surface area contributed by atoms with Crippen LogP contribution < -0.4 is 5.32 Å². The Morgan fingerprint density at radius 1 is 1.82 bits per heavy atom. The summed E-state index contributed by atoms with van der Waals surface area (Å²) in [6.07, 6.45) is 0. The number of carbonyl (C=O) groups excluding carboxylic acids is 1. The van der Waals surface area contributed by atoms with E-state index in [0.717, 1.165) is 0 Å². The molecule has 1 heterocycles. The number of hydrogen-bond donors (Lipinski definition) is 1. The fraction of sp³-hybridized carbons (Fsp3) is 0.833. The van der Waals surface area contributed by atoms with Gasteiger partial charge < -0.3 is 4.74 Å². The van der Waals surface area contributed by atoms with E-state index in [4.69, 9.17) is 0 Å². The summed E-state index contributed by atoms with van der Waals surface area (Å²) in [5.41, 5.74) is 0. The molecule has 1 atom stereocenters. The lowest BCUT2D eigenvalue weighted by atomic mass is 10.0. The number of esters is 1. The van der Waals surface area contributed by atoms with Crippen LogP contribution in [-0.2, 0) is 9.53 Å². The van der Waals surface area contributed by atoms with E-state index in [1.165, 1.54) is 0 Å². The fourth-order valence-corrected chi connectivity index (χ4v) is 0.840. The van der Waals surface area contributed by atoms with E-state index in [-0.39, 0.29) is 6.61 Å². The molecule has 1 aliphatic heterocycles. The van der Waals surface area contributed by atoms with Gasteiger partial charge in [0.2, 0.25) is 0 Å². The molecule has 0 spiro atoms. The summed E-state index contributed by atoms with van der Waals surface area (Å²) in [5.74, 6) is -3.80. The lowest BCUT2D eigenvalue weighted by molar-refractivity contribution is -0.168. The fourth-order valence-electron chi connectivity index (χ4n) is 0.840. The molecule has 11 heavy (non-hydrogen) atoms. The van der Waals surface area contributed by atoms with Crippen molar-refractivity contribution >= 4 is 5.97 Å². The average Bonchev–Trinajstić information content (AvgIpc) is 1.86. The SMILES string of the molecule is CCOC(=O)C1NCC1(F)F. The highest BCUT2D eigenvalue weighted by Gasteiger charge is 2.53. The van der Waals surface area contributed by atoms with Gasteiger partial charge in [-0.3, -0.25) is 10.1 Å². The van der Waals surface area contributed by atoms with Gasteiger partial charge in [0.05, 0.1) is 13.2 Å². The van der Waals surface area contributed by atoms with Gasteiger partial charge >= 0.3 is 5.97 Å². The monoisotopic (exact) mass is 165 g/mol. The molecule has 0 saturated carbocycles. The molecule has 0 bridgehead atoms. The molecular formula is C6H9F2NO2. The highest BCUT2D eigenvalue weighted by Crippen LogP contribution is 2.26. The minimum atomic E-state index is -2.92. The number of rotatable bonds is 2. The molecule has 1 N–H and O–H groups in total. The van der Waals surface area contributed by atoms with Crippen molar-refractivity contribution in [1.29, 1.82) is 0 Å². The van der Waals surface area contributed by atoms with E-state index in [9.17, 15) is 13.6 Å². The molecule has 3 nitrogen and oxygen atoms in total. The van der Waals surface area contributed by atoms with Gasteiger partial charge in [0, 0.05) is 0 Å². The highest BCUT2D eigenvalue weighted by atomic mass is 19.3. The van der Waals surface area contributed by atoms with Crippen molar-refractivity contribution in [2.24, 2.45) is 0 Å². The van der Waals surface area contributed by atoms with Crippen LogP contribution in [0.2, 0.25) is 0 Å². The highest BCUT2D eigenvalue weighted by molar-refractivity contribution is 5.78. The van der Waals surface area contributed by atoms with Crippen LogP contribution in [0.3, 0.4) is 0 Å². The molecule has 0 aromatic heterocycles. The molecule has 1 fully saturated rings. The number of hydrogen-bond acceptors (Lipinski definition) is 3. The van der Waals surface area contributed by atoms with Gasteiger partial charge in [-0.1, -0.05) is 0 Å². The minimum absolute atomic E-state index is 0.132. The van der Waals surface area contributed by atoms with Gasteiger partial charge in [0.15, 0.2) is 6.04 Å². The Morgan fingerprint density at radius 2 is 2.45 bits per heavy atom. The van der Waals surface area contributed by atoms with Gasteiger partial charge in [0.25, 0.3) is 5.92 Å². The first-order chi connectivity index (χ1) is 5.08. The van der Waals surface area contributed by atoms with Crippen molar-refractivity contribution < 1.29 is 18.3 Å². The van der Waals surface area contributed by atoms with Crippen molar-refractivity contribution in [2.45, 2.75) is 18.9 Å². The Kier molecular flexibility index (Phi) is 2.08. The quantitative estimate of drug-likeness (QED) is 0.592. The van der Waals surface area contributed by atoms with Crippen LogP contribution in [0.5, 0.6) is 0 Å². The zero-order chi connectivity index (χ0) is 8.48. The summed E-state index contributed by atoms with van der Waals surface area (Å²) in [4.78, 5) is 10.7. The Morgan fingerprint density at radius 3 is 2.73 bits per heavy atom. The predicted octanol–water partition coefficient (Wildman–Crippen LogP) is 0.157. The van der Waals surface area contributed by atoms with Gasteiger partial charge in [-0.15, -0.1) is 0 Å². The molecule has 1 aliphatic rings. The van der Waals surface area contributed by atoms with E-state index in [1.54, 1.807) is 6.92 Å². The summed E-state index contributed by atoms with van der Waals surface area (Å²) in [6, 6.07) is -1.43. The third-order valence-electron chi connectivity index (χ3n) is 1.49. The van der Waals surface area contributed by atoms with Crippen molar-refractivity contribution in [3.8, 4) is 0 Å². The molecule has 1 unspecified atom stereocenters. The van der Waals surface area contributed by atoms with Crippen molar-refractivity contribution in [1.82, 2.24) is 5.32 Å². The van der Waals surface area contributed by atoms with Crippen LogP contribution in [-0.4, -0.2) is 31.1 Å². The first-order valence-electron chi connectivity index (χ1n) is 3.36. The standard InChI is InChI=1S/C6H9F2NO2/c1-2-11-5(10)4-6(7,8)3-9-4/h4,9H,2-3H2,1H3. The van der Waals surface area contributed by atoms with Crippen molar-refractivity contribution in [2.75, 3.05) is 13.2 Å². The molecule has 5 heteroatoms. The molecule has 1 saturated heterocycles. The largest absolute Gasteiger partial charge is 0.465 e. The average molecular weight is 165 g/mol. The van der Waals surface area contributed by atoms with Crippen LogP contribution in [0.1, 0.15) is 6.92 Å². The van der Waals surface area contributed by atoms with Crippen LogP contribution in [0, 0.1) is 0 Å². The van der Waals surface area contributed by atoms with E-state index in [1.807, 2.05) is 0 Å². The maximum atomic E-state index is 12.4. The number of alkyl halides is 2. The van der Waals surface area contributed by atoms with Crippen LogP contribution in [0.15, 0.2) is 0 Å². The van der Waals surface area contributed by atoms with Crippen LogP contribution >= 0.6 is 0 Å². The molecule has 0 amide bonds. The van der Waals surface area contributed by atoms with Gasteiger partial charge in [-0.05, 0) is 6.92 Å². The number of nitrogens with one attached hydrogen (secondary N) is 1. The second-order valence-electron chi connectivity index (χ2n) is 2.33. The smallest absolute Gasteiger partial charge is 0.329 e. The van der Waals surface area contributed by atoms with Gasteiger partial charge in [-0.2, -0.15) is 0 Å². The van der Waals surface area contributed by atoms with Gasteiger partial charge in [-0.25, -0.2) is 8.78 Å². The minimum Gasteiger partial charge on any atom is -0.465 e. The van der Waals surface area contributed by atoms with E-state index >= 15 is 0 Å². The molecular weight excluding hydrogens is 156 g/mol. The predicted molar refractivity (Wildman–Crippen MR) is 33.4 cm³/mol. The second kappa shape index (κ2) is 2.73. The molecule has 0 radical (unpaired) electrons. The van der Waals surface area contributed by atoms with E-state index < -0.39 is 24.5 Å². The Hall–Kier alpha value is -0.710. The zero-order valence-corrected chi connectivity index (χ0v) is 6.06. The van der Waals surface area contributed by atoms with Crippen molar-refractivity contribution in [3.05, 3.63) is 0 Å². The lowest BCUT2D eigenvalue weighted by Gasteiger charge is -2.35. The summed E-state index contributed by atoms with van der Waals surface area (Å²) < 4.78 is 29.2. The summed E-state index contributed by atoms with van der Waals surface area (Å²) in [5, 5.41) is 2.30. The van der Waals surface area contributed by atoms with Crippen LogP contribution in [0.4, 0.5) is 8.78 Å². The third-order valence-corrected chi connectivity index (χ3v) is 1.49. The number of carbonyl (C=O) groups is 1. The third kappa shape index (κ3) is 1.48. The Balaban J connectivity index is 2.43. The molecule has 1 rings (SSSR count). The molecule has 0 aromatic carbocycles. The zero-order valence-electron chi connectivity index (χ0n) is 6.06. The normalized spacial score (nSPS) is 27.4. The maximum Gasteiger partial charge on any atom is 0.329 e. The second-order valence-corrected chi connectivity index (χ2v) is 2.33. The summed E-state index contributed by atoms with van der Waals surface area (Å²) in [6.45, 7) is 1.28. The summed E-state index contributed by atoms with van der Waals surface area (Å²) >= 11 is 0. The topological polar surface area (TPSA) is 38.3 Å². The van der Waals surface area contributed by atoms with Crippen LogP contribution in [0.25, 0.3) is 0 Å². The molecule has 0 aliphatic carbocycles. The first kappa shape index (κ1) is 8.39. The Labute approximate surface area is 62.7 Å². The first-order valence-corrected chi connectivity index (χ1v) is 3.36. The van der Waals surface area contributed by atoms with Gasteiger partial charge in [0.1, 0.15) is 0 Å². The summed E-state index contributed by atoms with van der Waals surface area (Å²) in [7, 11) is 0. The maximum absolute atomic E-state index is 12.4. The van der Waals surface area contributed by atoms with Crippen molar-refractivity contribution in [3.63, 3.8) is 0 Å². The number of ether oxygens (including phenoxy) is 1.